The van der Waals surface area contributed by atoms with E-state index in [-0.39, 0.29) is 0 Å². The summed E-state index contributed by atoms with van der Waals surface area (Å²) in [6.45, 7) is 2.48. The third kappa shape index (κ3) is 1.51. The van der Waals surface area contributed by atoms with Crippen molar-refractivity contribution in [1.82, 2.24) is 10.2 Å². The Balaban J connectivity index is 2.68. The van der Waals surface area contributed by atoms with Gasteiger partial charge in [-0.05, 0) is 13.0 Å². The molecular formula is C10H9ClN2O. The summed E-state index contributed by atoms with van der Waals surface area (Å²) in [6, 6.07) is 7.64. The number of rotatable bonds is 2. The SMILES string of the molecule is CCOc1nnc(Cl)c2ccccc12. The largest absolute Gasteiger partial charge is 0.476 e. The zero-order chi connectivity index (χ0) is 9.97. The molecule has 3 nitrogen and oxygen atoms in total. The maximum atomic E-state index is 5.90. The molecule has 0 aliphatic heterocycles. The molecule has 0 saturated heterocycles. The molecule has 1 aromatic heterocycles. The lowest BCUT2D eigenvalue weighted by molar-refractivity contribution is 0.327. The van der Waals surface area contributed by atoms with Crippen LogP contribution in [0.25, 0.3) is 10.8 Å². The summed E-state index contributed by atoms with van der Waals surface area (Å²) >= 11 is 5.90. The lowest BCUT2D eigenvalue weighted by atomic mass is 10.2. The van der Waals surface area contributed by atoms with Crippen LogP contribution in [0.2, 0.25) is 5.15 Å². The first-order valence-electron chi connectivity index (χ1n) is 4.36. The average Bonchev–Trinajstić information content (AvgIpc) is 2.23. The van der Waals surface area contributed by atoms with Gasteiger partial charge in [0, 0.05) is 10.8 Å². The first kappa shape index (κ1) is 9.21. The molecule has 0 bridgehead atoms. The molecule has 1 heterocycles. The van der Waals surface area contributed by atoms with Crippen molar-refractivity contribution in [2.75, 3.05) is 6.61 Å². The van der Waals surface area contributed by atoms with Gasteiger partial charge in [-0.25, -0.2) is 0 Å². The minimum Gasteiger partial charge on any atom is -0.476 e. The van der Waals surface area contributed by atoms with Crippen LogP contribution in [0, 0.1) is 0 Å². The van der Waals surface area contributed by atoms with Crippen LogP contribution in [0.4, 0.5) is 0 Å². The molecule has 0 unspecified atom stereocenters. The second-order valence-corrected chi connectivity index (χ2v) is 3.13. The molecule has 2 aromatic rings. The Morgan fingerprint density at radius 3 is 2.64 bits per heavy atom. The molecule has 72 valence electrons. The summed E-state index contributed by atoms with van der Waals surface area (Å²) < 4.78 is 5.34. The highest BCUT2D eigenvalue weighted by Gasteiger charge is 2.06. The summed E-state index contributed by atoms with van der Waals surface area (Å²) in [5.41, 5.74) is 0. The topological polar surface area (TPSA) is 35.0 Å². The van der Waals surface area contributed by atoms with E-state index in [0.717, 1.165) is 10.8 Å². The number of fused-ring (bicyclic) bond motifs is 1. The number of benzene rings is 1. The Hall–Kier alpha value is -1.35. The van der Waals surface area contributed by atoms with Gasteiger partial charge in [-0.3, -0.25) is 0 Å². The highest BCUT2D eigenvalue weighted by molar-refractivity contribution is 6.34. The molecule has 1 aromatic carbocycles. The predicted octanol–water partition coefficient (Wildman–Crippen LogP) is 2.68. The maximum absolute atomic E-state index is 5.90. The Labute approximate surface area is 86.7 Å². The Morgan fingerprint density at radius 2 is 1.93 bits per heavy atom. The summed E-state index contributed by atoms with van der Waals surface area (Å²) in [4.78, 5) is 0. The van der Waals surface area contributed by atoms with Gasteiger partial charge in [-0.1, -0.05) is 29.8 Å². The van der Waals surface area contributed by atoms with Crippen molar-refractivity contribution < 1.29 is 4.74 Å². The third-order valence-electron chi connectivity index (χ3n) is 1.89. The van der Waals surface area contributed by atoms with Gasteiger partial charge in [0.1, 0.15) is 0 Å². The van der Waals surface area contributed by atoms with E-state index in [9.17, 15) is 0 Å². The van der Waals surface area contributed by atoms with E-state index in [2.05, 4.69) is 10.2 Å². The van der Waals surface area contributed by atoms with Crippen molar-refractivity contribution in [2.45, 2.75) is 6.92 Å². The fourth-order valence-corrected chi connectivity index (χ4v) is 1.49. The highest BCUT2D eigenvalue weighted by atomic mass is 35.5. The Kier molecular flexibility index (Phi) is 2.50. The summed E-state index contributed by atoms with van der Waals surface area (Å²) in [6.07, 6.45) is 0. The van der Waals surface area contributed by atoms with Gasteiger partial charge in [0.05, 0.1) is 6.61 Å². The molecule has 0 spiro atoms. The van der Waals surface area contributed by atoms with Crippen molar-refractivity contribution in [1.29, 1.82) is 0 Å². The van der Waals surface area contributed by atoms with Gasteiger partial charge >= 0.3 is 0 Å². The standard InChI is InChI=1S/C10H9ClN2O/c1-2-14-10-8-6-4-3-5-7(8)9(11)12-13-10/h3-6H,2H2,1H3. The van der Waals surface area contributed by atoms with Crippen molar-refractivity contribution in [3.8, 4) is 5.88 Å². The third-order valence-corrected chi connectivity index (χ3v) is 2.17. The second kappa shape index (κ2) is 3.80. The minimum atomic E-state index is 0.407. The summed E-state index contributed by atoms with van der Waals surface area (Å²) in [5, 5.41) is 9.88. The van der Waals surface area contributed by atoms with Crippen molar-refractivity contribution in [2.24, 2.45) is 0 Å². The van der Waals surface area contributed by atoms with Gasteiger partial charge in [0.25, 0.3) is 0 Å². The quantitative estimate of drug-likeness (QED) is 0.761. The molecule has 2 rings (SSSR count). The maximum Gasteiger partial charge on any atom is 0.241 e. The van der Waals surface area contributed by atoms with E-state index in [1.807, 2.05) is 31.2 Å². The first-order chi connectivity index (χ1) is 6.83. The van der Waals surface area contributed by atoms with Crippen LogP contribution in [0.1, 0.15) is 6.92 Å². The first-order valence-corrected chi connectivity index (χ1v) is 4.74. The van der Waals surface area contributed by atoms with E-state index in [0.29, 0.717) is 17.6 Å². The van der Waals surface area contributed by atoms with Crippen LogP contribution in [0.3, 0.4) is 0 Å². The van der Waals surface area contributed by atoms with E-state index >= 15 is 0 Å². The van der Waals surface area contributed by atoms with Gasteiger partial charge in [-0.2, -0.15) is 0 Å². The molecule has 0 radical (unpaired) electrons. The number of hydrogen-bond donors (Lipinski definition) is 0. The van der Waals surface area contributed by atoms with E-state index in [1.165, 1.54) is 0 Å². The molecule has 0 atom stereocenters. The Bertz CT molecular complexity index is 459. The minimum absolute atomic E-state index is 0.407. The zero-order valence-corrected chi connectivity index (χ0v) is 8.45. The van der Waals surface area contributed by atoms with E-state index in [1.54, 1.807) is 0 Å². The average molecular weight is 209 g/mol. The predicted molar refractivity (Wildman–Crippen MR) is 55.7 cm³/mol. The van der Waals surface area contributed by atoms with Crippen molar-refractivity contribution >= 4 is 22.4 Å². The smallest absolute Gasteiger partial charge is 0.241 e. The molecule has 0 amide bonds. The molecular weight excluding hydrogens is 200 g/mol. The lowest BCUT2D eigenvalue weighted by Crippen LogP contribution is -1.97. The molecule has 0 aliphatic rings. The van der Waals surface area contributed by atoms with E-state index < -0.39 is 0 Å². The highest BCUT2D eigenvalue weighted by Crippen LogP contribution is 2.26. The van der Waals surface area contributed by atoms with Gasteiger partial charge in [0.2, 0.25) is 5.88 Å². The second-order valence-electron chi connectivity index (χ2n) is 2.77. The number of halogens is 1. The molecule has 14 heavy (non-hydrogen) atoms. The fourth-order valence-electron chi connectivity index (χ4n) is 1.29. The van der Waals surface area contributed by atoms with E-state index in [4.69, 9.17) is 16.3 Å². The van der Waals surface area contributed by atoms with Crippen LogP contribution < -0.4 is 4.74 Å². The molecule has 0 saturated carbocycles. The van der Waals surface area contributed by atoms with Crippen LogP contribution in [0.15, 0.2) is 24.3 Å². The molecule has 0 N–H and O–H groups in total. The monoisotopic (exact) mass is 208 g/mol. The summed E-state index contributed by atoms with van der Waals surface area (Å²) in [5.74, 6) is 0.535. The Morgan fingerprint density at radius 1 is 1.21 bits per heavy atom. The number of hydrogen-bond acceptors (Lipinski definition) is 3. The van der Waals surface area contributed by atoms with Crippen LogP contribution >= 0.6 is 11.6 Å². The van der Waals surface area contributed by atoms with Crippen molar-refractivity contribution in [3.63, 3.8) is 0 Å². The number of nitrogens with zero attached hydrogens (tertiary/aromatic N) is 2. The fraction of sp³-hybridized carbons (Fsp3) is 0.200. The number of aromatic nitrogens is 2. The molecule has 0 fully saturated rings. The lowest BCUT2D eigenvalue weighted by Gasteiger charge is -2.05. The van der Waals surface area contributed by atoms with Crippen molar-refractivity contribution in [3.05, 3.63) is 29.4 Å². The molecule has 4 heteroatoms. The summed E-state index contributed by atoms with van der Waals surface area (Å²) in [7, 11) is 0. The normalized spacial score (nSPS) is 10.4. The van der Waals surface area contributed by atoms with Crippen LogP contribution in [-0.4, -0.2) is 16.8 Å². The molecule has 0 aliphatic carbocycles. The number of ether oxygens (including phenoxy) is 1. The van der Waals surface area contributed by atoms with Gasteiger partial charge < -0.3 is 4.74 Å². The van der Waals surface area contributed by atoms with Crippen LogP contribution in [-0.2, 0) is 0 Å². The van der Waals surface area contributed by atoms with Crippen LogP contribution in [0.5, 0.6) is 5.88 Å². The van der Waals surface area contributed by atoms with Gasteiger partial charge in [0.15, 0.2) is 5.15 Å². The van der Waals surface area contributed by atoms with Gasteiger partial charge in [-0.15, -0.1) is 10.2 Å². The zero-order valence-electron chi connectivity index (χ0n) is 7.70.